The van der Waals surface area contributed by atoms with E-state index in [1.165, 1.54) is 53.5 Å². The summed E-state index contributed by atoms with van der Waals surface area (Å²) in [7, 11) is 0. The van der Waals surface area contributed by atoms with E-state index < -0.39 is 0 Å². The molecule has 0 atom stereocenters. The van der Waals surface area contributed by atoms with Crippen molar-refractivity contribution in [2.24, 2.45) is 0 Å². The third-order valence-corrected chi connectivity index (χ3v) is 4.28. The Morgan fingerprint density at radius 3 is 2.18 bits per heavy atom. The Bertz CT molecular complexity index is 569. The van der Waals surface area contributed by atoms with Gasteiger partial charge in [-0.2, -0.15) is 0 Å². The Morgan fingerprint density at radius 2 is 1.55 bits per heavy atom. The van der Waals surface area contributed by atoms with Gasteiger partial charge in [0.15, 0.2) is 0 Å². The molecule has 0 amide bonds. The topological polar surface area (TPSA) is 20.2 Å². The van der Waals surface area contributed by atoms with E-state index in [1.807, 2.05) is 0 Å². The predicted octanol–water partition coefficient (Wildman–Crippen LogP) is 5.18. The Morgan fingerprint density at radius 1 is 0.818 bits per heavy atom. The molecule has 2 aromatic rings. The summed E-state index contributed by atoms with van der Waals surface area (Å²) < 4.78 is 0. The molecule has 1 N–H and O–H groups in total. The fourth-order valence-corrected chi connectivity index (χ4v) is 2.94. The SMILES string of the molecule is CCCCCc1ccc(-c2ccc(CCO)cc2CC)cc1. The molecule has 0 heterocycles. The van der Waals surface area contributed by atoms with Crippen molar-refractivity contribution in [1.29, 1.82) is 0 Å². The summed E-state index contributed by atoms with van der Waals surface area (Å²) in [5, 5.41) is 9.09. The molecule has 0 saturated carbocycles. The number of aliphatic hydroxyl groups excluding tert-OH is 1. The zero-order chi connectivity index (χ0) is 15.8. The molecule has 0 fully saturated rings. The molecule has 0 unspecified atom stereocenters. The number of aliphatic hydroxyl groups is 1. The fraction of sp³-hybridized carbons (Fsp3) is 0.429. The second-order valence-electron chi connectivity index (χ2n) is 5.97. The monoisotopic (exact) mass is 296 g/mol. The highest BCUT2D eigenvalue weighted by Gasteiger charge is 2.05. The summed E-state index contributed by atoms with van der Waals surface area (Å²) in [6, 6.07) is 15.6. The fourth-order valence-electron chi connectivity index (χ4n) is 2.94. The number of benzene rings is 2. The second kappa shape index (κ2) is 8.75. The van der Waals surface area contributed by atoms with Crippen molar-refractivity contribution in [1.82, 2.24) is 0 Å². The maximum Gasteiger partial charge on any atom is 0.0471 e. The Balaban J connectivity index is 2.16. The van der Waals surface area contributed by atoms with E-state index in [2.05, 4.69) is 56.3 Å². The summed E-state index contributed by atoms with van der Waals surface area (Å²) in [5.41, 5.74) is 6.65. The van der Waals surface area contributed by atoms with E-state index in [0.29, 0.717) is 0 Å². The predicted molar refractivity (Wildman–Crippen MR) is 95.3 cm³/mol. The van der Waals surface area contributed by atoms with Crippen LogP contribution in [0.1, 0.15) is 49.8 Å². The molecule has 1 nitrogen and oxygen atoms in total. The molecular formula is C21H28O. The minimum Gasteiger partial charge on any atom is -0.396 e. The highest BCUT2D eigenvalue weighted by Crippen LogP contribution is 2.26. The average molecular weight is 296 g/mol. The highest BCUT2D eigenvalue weighted by molar-refractivity contribution is 5.68. The molecule has 2 rings (SSSR count). The third-order valence-electron chi connectivity index (χ3n) is 4.28. The lowest BCUT2D eigenvalue weighted by Gasteiger charge is -2.11. The summed E-state index contributed by atoms with van der Waals surface area (Å²) in [5.74, 6) is 0. The number of hydrogen-bond acceptors (Lipinski definition) is 1. The van der Waals surface area contributed by atoms with Gasteiger partial charge in [-0.3, -0.25) is 0 Å². The smallest absolute Gasteiger partial charge is 0.0471 e. The minimum atomic E-state index is 0.217. The van der Waals surface area contributed by atoms with Crippen molar-refractivity contribution in [3.8, 4) is 11.1 Å². The summed E-state index contributed by atoms with van der Waals surface area (Å²) in [6.07, 6.45) is 6.82. The van der Waals surface area contributed by atoms with E-state index >= 15 is 0 Å². The Labute approximate surface area is 135 Å². The zero-order valence-corrected chi connectivity index (χ0v) is 13.9. The third kappa shape index (κ3) is 4.45. The van der Waals surface area contributed by atoms with Gasteiger partial charge in [-0.25, -0.2) is 0 Å². The van der Waals surface area contributed by atoms with Gasteiger partial charge in [-0.05, 0) is 53.5 Å². The molecule has 22 heavy (non-hydrogen) atoms. The van der Waals surface area contributed by atoms with Gasteiger partial charge in [0, 0.05) is 6.61 Å². The molecule has 2 aromatic carbocycles. The van der Waals surface area contributed by atoms with E-state index in [4.69, 9.17) is 5.11 Å². The average Bonchev–Trinajstić information content (AvgIpc) is 2.56. The van der Waals surface area contributed by atoms with E-state index in [0.717, 1.165) is 12.8 Å². The first-order chi connectivity index (χ1) is 10.8. The number of aryl methyl sites for hydroxylation is 2. The van der Waals surface area contributed by atoms with Crippen LogP contribution in [0.25, 0.3) is 11.1 Å². The van der Waals surface area contributed by atoms with Crippen LogP contribution in [-0.2, 0) is 19.3 Å². The van der Waals surface area contributed by atoms with Crippen molar-refractivity contribution >= 4 is 0 Å². The molecule has 0 radical (unpaired) electrons. The zero-order valence-electron chi connectivity index (χ0n) is 13.9. The molecule has 0 aromatic heterocycles. The van der Waals surface area contributed by atoms with Gasteiger partial charge in [0.05, 0.1) is 0 Å². The van der Waals surface area contributed by atoms with Gasteiger partial charge in [0.2, 0.25) is 0 Å². The van der Waals surface area contributed by atoms with Crippen LogP contribution in [0.15, 0.2) is 42.5 Å². The molecule has 0 aliphatic heterocycles. The molecule has 0 bridgehead atoms. The normalized spacial score (nSPS) is 10.9. The number of unbranched alkanes of at least 4 members (excludes halogenated alkanes) is 2. The van der Waals surface area contributed by atoms with Crippen LogP contribution < -0.4 is 0 Å². The van der Waals surface area contributed by atoms with Crippen LogP contribution in [0.4, 0.5) is 0 Å². The van der Waals surface area contributed by atoms with Gasteiger partial charge in [-0.15, -0.1) is 0 Å². The van der Waals surface area contributed by atoms with E-state index in [9.17, 15) is 0 Å². The summed E-state index contributed by atoms with van der Waals surface area (Å²) >= 11 is 0. The van der Waals surface area contributed by atoms with Crippen LogP contribution in [0.2, 0.25) is 0 Å². The molecule has 118 valence electrons. The van der Waals surface area contributed by atoms with E-state index in [1.54, 1.807) is 0 Å². The van der Waals surface area contributed by atoms with Crippen molar-refractivity contribution in [3.05, 3.63) is 59.2 Å². The lowest BCUT2D eigenvalue weighted by Crippen LogP contribution is -1.95. The largest absolute Gasteiger partial charge is 0.396 e. The van der Waals surface area contributed by atoms with Gasteiger partial charge in [0.1, 0.15) is 0 Å². The van der Waals surface area contributed by atoms with Crippen LogP contribution in [0.3, 0.4) is 0 Å². The molecule has 0 saturated heterocycles. The molecule has 1 heteroatoms. The maximum atomic E-state index is 9.09. The first-order valence-electron chi connectivity index (χ1n) is 8.60. The van der Waals surface area contributed by atoms with Crippen molar-refractivity contribution in [2.75, 3.05) is 6.61 Å². The van der Waals surface area contributed by atoms with Gasteiger partial charge < -0.3 is 5.11 Å². The molecule has 0 aliphatic carbocycles. The first kappa shape index (κ1) is 16.8. The summed E-state index contributed by atoms with van der Waals surface area (Å²) in [4.78, 5) is 0. The number of hydrogen-bond donors (Lipinski definition) is 1. The van der Waals surface area contributed by atoms with Crippen LogP contribution in [0, 0.1) is 0 Å². The van der Waals surface area contributed by atoms with Crippen molar-refractivity contribution in [2.45, 2.75) is 52.4 Å². The second-order valence-corrected chi connectivity index (χ2v) is 5.97. The Kier molecular flexibility index (Phi) is 6.67. The molecule has 0 aliphatic rings. The molecule has 0 spiro atoms. The minimum absolute atomic E-state index is 0.217. The van der Waals surface area contributed by atoms with Crippen LogP contribution >= 0.6 is 0 Å². The number of rotatable bonds is 8. The van der Waals surface area contributed by atoms with Crippen molar-refractivity contribution in [3.63, 3.8) is 0 Å². The Hall–Kier alpha value is -1.60. The standard InChI is InChI=1S/C21H28O/c1-3-5-6-7-17-8-11-20(12-9-17)21-13-10-18(14-15-22)16-19(21)4-2/h8-13,16,22H,3-7,14-15H2,1-2H3. The highest BCUT2D eigenvalue weighted by atomic mass is 16.2. The summed E-state index contributed by atoms with van der Waals surface area (Å²) in [6.45, 7) is 4.66. The van der Waals surface area contributed by atoms with Crippen LogP contribution in [0.5, 0.6) is 0 Å². The molecular weight excluding hydrogens is 268 g/mol. The van der Waals surface area contributed by atoms with E-state index in [-0.39, 0.29) is 6.61 Å². The van der Waals surface area contributed by atoms with Crippen LogP contribution in [-0.4, -0.2) is 11.7 Å². The maximum absolute atomic E-state index is 9.09. The lowest BCUT2D eigenvalue weighted by molar-refractivity contribution is 0.299. The van der Waals surface area contributed by atoms with Gasteiger partial charge in [0.25, 0.3) is 0 Å². The quantitative estimate of drug-likeness (QED) is 0.665. The van der Waals surface area contributed by atoms with Gasteiger partial charge in [-0.1, -0.05) is 69.2 Å². The van der Waals surface area contributed by atoms with Crippen molar-refractivity contribution < 1.29 is 5.11 Å². The van der Waals surface area contributed by atoms with Gasteiger partial charge >= 0.3 is 0 Å². The first-order valence-corrected chi connectivity index (χ1v) is 8.60. The lowest BCUT2D eigenvalue weighted by atomic mass is 9.94.